The molecular weight excluding hydrogens is 340 g/mol. The van der Waals surface area contributed by atoms with E-state index in [0.29, 0.717) is 6.54 Å². The van der Waals surface area contributed by atoms with Crippen LogP contribution in [-0.4, -0.2) is 37.0 Å². The Kier molecular flexibility index (Phi) is 6.56. The first-order chi connectivity index (χ1) is 13.0. The van der Waals surface area contributed by atoms with Gasteiger partial charge in [0.1, 0.15) is 17.3 Å². The molecule has 0 saturated carbocycles. The second-order valence-corrected chi connectivity index (χ2v) is 7.35. The summed E-state index contributed by atoms with van der Waals surface area (Å²) < 4.78 is 11.6. The van der Waals surface area contributed by atoms with Gasteiger partial charge in [-0.3, -0.25) is 9.69 Å². The van der Waals surface area contributed by atoms with Gasteiger partial charge in [-0.15, -0.1) is 0 Å². The predicted molar refractivity (Wildman–Crippen MR) is 106 cm³/mol. The number of carbonyl (C=O) groups excluding carboxylic acids is 1. The largest absolute Gasteiger partial charge is 0.483 e. The van der Waals surface area contributed by atoms with Crippen LogP contribution in [0.5, 0.6) is 5.75 Å². The number of aryl methyl sites for hydroxylation is 2. The van der Waals surface area contributed by atoms with E-state index in [4.69, 9.17) is 9.15 Å². The maximum atomic E-state index is 12.4. The molecule has 1 saturated heterocycles. The summed E-state index contributed by atoms with van der Waals surface area (Å²) in [5.41, 5.74) is 2.23. The van der Waals surface area contributed by atoms with Gasteiger partial charge in [0, 0.05) is 6.54 Å². The van der Waals surface area contributed by atoms with Crippen molar-refractivity contribution in [2.24, 2.45) is 0 Å². The van der Waals surface area contributed by atoms with Gasteiger partial charge in [-0.1, -0.05) is 18.6 Å². The Balaban J connectivity index is 1.57. The van der Waals surface area contributed by atoms with Gasteiger partial charge in [-0.2, -0.15) is 0 Å². The number of ether oxygens (including phenoxy) is 1. The number of carbonyl (C=O) groups is 1. The first kappa shape index (κ1) is 19.5. The average molecular weight is 370 g/mol. The first-order valence-electron chi connectivity index (χ1n) is 9.80. The third-order valence-corrected chi connectivity index (χ3v) is 5.33. The van der Waals surface area contributed by atoms with Crippen LogP contribution in [0.1, 0.15) is 48.0 Å². The highest BCUT2D eigenvalue weighted by Crippen LogP contribution is 2.26. The molecule has 0 aliphatic carbocycles. The van der Waals surface area contributed by atoms with E-state index in [0.717, 1.165) is 41.5 Å². The van der Waals surface area contributed by atoms with Gasteiger partial charge < -0.3 is 14.5 Å². The molecule has 27 heavy (non-hydrogen) atoms. The fourth-order valence-electron chi connectivity index (χ4n) is 3.56. The van der Waals surface area contributed by atoms with Crippen LogP contribution in [0, 0.1) is 20.8 Å². The average Bonchev–Trinajstić information content (AvgIpc) is 3.10. The van der Waals surface area contributed by atoms with Crippen LogP contribution >= 0.6 is 0 Å². The van der Waals surface area contributed by atoms with E-state index < -0.39 is 0 Å². The third-order valence-electron chi connectivity index (χ3n) is 5.33. The number of hydrogen-bond donors (Lipinski definition) is 1. The molecular formula is C22H30N2O3. The van der Waals surface area contributed by atoms with E-state index in [9.17, 15) is 4.79 Å². The first-order valence-corrected chi connectivity index (χ1v) is 9.80. The van der Waals surface area contributed by atoms with E-state index in [2.05, 4.69) is 10.2 Å². The van der Waals surface area contributed by atoms with Crippen molar-refractivity contribution in [2.75, 3.05) is 26.2 Å². The molecule has 2 heterocycles. The lowest BCUT2D eigenvalue weighted by atomic mass is 10.1. The van der Waals surface area contributed by atoms with Gasteiger partial charge in [0.05, 0.1) is 6.04 Å². The van der Waals surface area contributed by atoms with Gasteiger partial charge in [-0.05, 0) is 76.0 Å². The highest BCUT2D eigenvalue weighted by molar-refractivity contribution is 5.77. The number of amides is 1. The monoisotopic (exact) mass is 370 g/mol. The lowest BCUT2D eigenvalue weighted by Gasteiger charge is -2.33. The fraction of sp³-hybridized carbons (Fsp3) is 0.500. The van der Waals surface area contributed by atoms with E-state index in [1.54, 1.807) is 0 Å². The predicted octanol–water partition coefficient (Wildman–Crippen LogP) is 3.93. The number of rotatable bonds is 7. The molecule has 1 aliphatic heterocycles. The van der Waals surface area contributed by atoms with Gasteiger partial charge in [-0.25, -0.2) is 0 Å². The number of piperidine rings is 1. The van der Waals surface area contributed by atoms with Gasteiger partial charge in [0.15, 0.2) is 6.61 Å². The van der Waals surface area contributed by atoms with E-state index in [1.165, 1.54) is 19.3 Å². The summed E-state index contributed by atoms with van der Waals surface area (Å²) >= 11 is 0. The molecule has 0 radical (unpaired) electrons. The van der Waals surface area contributed by atoms with Crippen LogP contribution < -0.4 is 10.1 Å². The Labute approximate surface area is 161 Å². The Hall–Kier alpha value is -2.27. The van der Waals surface area contributed by atoms with Crippen molar-refractivity contribution in [1.82, 2.24) is 10.2 Å². The molecule has 0 bridgehead atoms. The number of hydrogen-bond acceptors (Lipinski definition) is 4. The maximum absolute atomic E-state index is 12.4. The summed E-state index contributed by atoms with van der Waals surface area (Å²) in [6.07, 6.45) is 3.66. The van der Waals surface area contributed by atoms with Gasteiger partial charge in [0.2, 0.25) is 0 Å². The molecule has 1 unspecified atom stereocenters. The number of furan rings is 1. The molecule has 3 rings (SSSR count). The molecule has 1 fully saturated rings. The number of nitrogens with one attached hydrogen (secondary N) is 1. The fourth-order valence-corrected chi connectivity index (χ4v) is 3.56. The summed E-state index contributed by atoms with van der Waals surface area (Å²) in [6, 6.07) is 9.96. The standard InChI is InChI=1S/C22H30N2O3/c1-16-8-7-9-20(18(16)3)26-15-22(25)23-14-19(21-11-10-17(2)27-21)24-12-5-4-6-13-24/h7-11,19H,4-6,12-15H2,1-3H3,(H,23,25). The zero-order chi connectivity index (χ0) is 19.2. The van der Waals surface area contributed by atoms with Crippen LogP contribution in [0.15, 0.2) is 34.7 Å². The molecule has 1 atom stereocenters. The minimum Gasteiger partial charge on any atom is -0.483 e. The lowest BCUT2D eigenvalue weighted by molar-refractivity contribution is -0.123. The highest BCUT2D eigenvalue weighted by atomic mass is 16.5. The summed E-state index contributed by atoms with van der Waals surface area (Å²) in [5.74, 6) is 2.47. The Morgan fingerprint density at radius 1 is 1.15 bits per heavy atom. The molecule has 1 N–H and O–H groups in total. The topological polar surface area (TPSA) is 54.7 Å². The normalized spacial score (nSPS) is 16.1. The van der Waals surface area contributed by atoms with Crippen LogP contribution in [0.3, 0.4) is 0 Å². The van der Waals surface area contributed by atoms with Crippen molar-refractivity contribution in [3.05, 3.63) is 53.0 Å². The summed E-state index contributed by atoms with van der Waals surface area (Å²) in [4.78, 5) is 14.8. The minimum absolute atomic E-state index is 0.0220. The molecule has 146 valence electrons. The van der Waals surface area contributed by atoms with Crippen LogP contribution in [-0.2, 0) is 4.79 Å². The van der Waals surface area contributed by atoms with Crippen LogP contribution in [0.25, 0.3) is 0 Å². The van der Waals surface area contributed by atoms with Crippen molar-refractivity contribution in [3.63, 3.8) is 0 Å². The Bertz CT molecular complexity index is 763. The number of likely N-dealkylation sites (tertiary alicyclic amines) is 1. The third kappa shape index (κ3) is 5.13. The summed E-state index contributed by atoms with van der Waals surface area (Å²) in [7, 11) is 0. The second kappa shape index (κ2) is 9.09. The van der Waals surface area contributed by atoms with E-state index >= 15 is 0 Å². The van der Waals surface area contributed by atoms with Crippen LogP contribution in [0.2, 0.25) is 0 Å². The summed E-state index contributed by atoms with van der Waals surface area (Å²) in [6.45, 7) is 8.63. The Morgan fingerprint density at radius 2 is 1.93 bits per heavy atom. The molecule has 1 aromatic carbocycles. The van der Waals surface area contributed by atoms with Crippen LogP contribution in [0.4, 0.5) is 0 Å². The van der Waals surface area contributed by atoms with E-state index in [1.807, 2.05) is 51.1 Å². The highest BCUT2D eigenvalue weighted by Gasteiger charge is 2.25. The molecule has 2 aromatic rings. The molecule has 0 spiro atoms. The zero-order valence-electron chi connectivity index (χ0n) is 16.6. The van der Waals surface area contributed by atoms with E-state index in [-0.39, 0.29) is 18.6 Å². The minimum atomic E-state index is -0.110. The number of benzene rings is 1. The molecule has 1 aromatic heterocycles. The zero-order valence-corrected chi connectivity index (χ0v) is 16.6. The molecule has 1 aliphatic rings. The Morgan fingerprint density at radius 3 is 2.63 bits per heavy atom. The SMILES string of the molecule is Cc1ccc(C(CNC(=O)COc2cccc(C)c2C)N2CCCCC2)o1. The van der Waals surface area contributed by atoms with Gasteiger partial charge >= 0.3 is 0 Å². The number of nitrogens with zero attached hydrogens (tertiary/aromatic N) is 1. The lowest BCUT2D eigenvalue weighted by Crippen LogP contribution is -2.41. The maximum Gasteiger partial charge on any atom is 0.258 e. The van der Waals surface area contributed by atoms with Crippen molar-refractivity contribution < 1.29 is 13.9 Å². The second-order valence-electron chi connectivity index (χ2n) is 7.35. The molecule has 1 amide bonds. The molecule has 5 nitrogen and oxygen atoms in total. The quantitative estimate of drug-likeness (QED) is 0.802. The van der Waals surface area contributed by atoms with Crippen molar-refractivity contribution in [3.8, 4) is 5.75 Å². The smallest absolute Gasteiger partial charge is 0.258 e. The molecule has 5 heteroatoms. The van der Waals surface area contributed by atoms with Crippen molar-refractivity contribution in [1.29, 1.82) is 0 Å². The van der Waals surface area contributed by atoms with Crippen molar-refractivity contribution >= 4 is 5.91 Å². The summed E-state index contributed by atoms with van der Waals surface area (Å²) in [5, 5.41) is 3.03. The van der Waals surface area contributed by atoms with Crippen molar-refractivity contribution in [2.45, 2.75) is 46.1 Å². The van der Waals surface area contributed by atoms with Gasteiger partial charge in [0.25, 0.3) is 5.91 Å².